The van der Waals surface area contributed by atoms with Crippen molar-refractivity contribution in [3.63, 3.8) is 0 Å². The van der Waals surface area contributed by atoms with Gasteiger partial charge in [0.15, 0.2) is 0 Å². The topological polar surface area (TPSA) is 72.3 Å². The van der Waals surface area contributed by atoms with Crippen LogP contribution in [-0.2, 0) is 6.42 Å². The van der Waals surface area contributed by atoms with Gasteiger partial charge in [0.2, 0.25) is 0 Å². The molecule has 0 saturated carbocycles. The molecule has 0 fully saturated rings. The minimum absolute atomic E-state index is 0.349. The van der Waals surface area contributed by atoms with Gasteiger partial charge in [-0.25, -0.2) is 0 Å². The summed E-state index contributed by atoms with van der Waals surface area (Å²) in [5.41, 5.74) is 13.0. The van der Waals surface area contributed by atoms with E-state index in [0.29, 0.717) is 17.1 Å². The Morgan fingerprint density at radius 3 is 1.89 bits per heavy atom. The average Bonchev–Trinajstić information content (AvgIpc) is 2.37. The minimum Gasteiger partial charge on any atom is -0.508 e. The number of phenols is 1. The van der Waals surface area contributed by atoms with Crippen molar-refractivity contribution in [1.29, 1.82) is 0 Å². The standard InChI is InChI=1S/C9H10O.C6H8N2/c1-2-5-8-6-3-4-7-9(8)10;7-5-3-1-2-4-6(5)8/h2-4,6-7,10H,1,5H2;1-4H,7-8H2. The second-order valence-corrected chi connectivity index (χ2v) is 3.75. The second kappa shape index (κ2) is 7.01. The maximum absolute atomic E-state index is 9.19. The highest BCUT2D eigenvalue weighted by molar-refractivity contribution is 5.62. The van der Waals surface area contributed by atoms with Crippen LogP contribution in [-0.4, -0.2) is 5.11 Å². The van der Waals surface area contributed by atoms with E-state index in [0.717, 1.165) is 12.0 Å². The van der Waals surface area contributed by atoms with E-state index in [2.05, 4.69) is 6.58 Å². The van der Waals surface area contributed by atoms with Gasteiger partial charge in [-0.3, -0.25) is 0 Å². The highest BCUT2D eigenvalue weighted by Crippen LogP contribution is 2.15. The Morgan fingerprint density at radius 1 is 0.944 bits per heavy atom. The monoisotopic (exact) mass is 242 g/mol. The van der Waals surface area contributed by atoms with Crippen LogP contribution in [0.5, 0.6) is 5.75 Å². The summed E-state index contributed by atoms with van der Waals surface area (Å²) in [5.74, 6) is 0.349. The maximum Gasteiger partial charge on any atom is 0.119 e. The van der Waals surface area contributed by atoms with Crippen molar-refractivity contribution < 1.29 is 5.11 Å². The van der Waals surface area contributed by atoms with E-state index < -0.39 is 0 Å². The molecule has 5 N–H and O–H groups in total. The van der Waals surface area contributed by atoms with Crippen LogP contribution in [0.1, 0.15) is 5.56 Å². The highest BCUT2D eigenvalue weighted by atomic mass is 16.3. The number of rotatable bonds is 2. The second-order valence-electron chi connectivity index (χ2n) is 3.75. The third-order valence-corrected chi connectivity index (χ3v) is 2.35. The number of allylic oxidation sites excluding steroid dienone is 1. The van der Waals surface area contributed by atoms with E-state index in [9.17, 15) is 5.11 Å². The molecule has 3 nitrogen and oxygen atoms in total. The molecule has 0 unspecified atom stereocenters. The number of para-hydroxylation sites is 3. The third kappa shape index (κ3) is 4.22. The molecule has 2 rings (SSSR count). The van der Waals surface area contributed by atoms with Crippen LogP contribution >= 0.6 is 0 Å². The molecule has 18 heavy (non-hydrogen) atoms. The van der Waals surface area contributed by atoms with Gasteiger partial charge in [0.05, 0.1) is 11.4 Å². The van der Waals surface area contributed by atoms with Crippen LogP contribution < -0.4 is 11.5 Å². The number of nitrogen functional groups attached to an aromatic ring is 2. The normalized spacial score (nSPS) is 9.11. The molecule has 0 aliphatic rings. The molecule has 0 bridgehead atoms. The zero-order valence-corrected chi connectivity index (χ0v) is 10.2. The molecule has 0 spiro atoms. The van der Waals surface area contributed by atoms with E-state index in [1.807, 2.05) is 30.3 Å². The lowest BCUT2D eigenvalue weighted by Gasteiger charge is -1.97. The Hall–Kier alpha value is -2.42. The lowest BCUT2D eigenvalue weighted by molar-refractivity contribution is 0.470. The molecule has 0 aliphatic carbocycles. The van der Waals surface area contributed by atoms with E-state index in [4.69, 9.17) is 11.5 Å². The predicted molar refractivity (Wildman–Crippen MR) is 77.3 cm³/mol. The van der Waals surface area contributed by atoms with Crippen molar-refractivity contribution in [3.05, 3.63) is 66.7 Å². The van der Waals surface area contributed by atoms with Crippen molar-refractivity contribution in [2.75, 3.05) is 11.5 Å². The van der Waals surface area contributed by atoms with Gasteiger partial charge in [-0.15, -0.1) is 6.58 Å². The summed E-state index contributed by atoms with van der Waals surface area (Å²) in [7, 11) is 0. The number of hydrogen-bond acceptors (Lipinski definition) is 3. The molecule has 2 aromatic carbocycles. The lowest BCUT2D eigenvalue weighted by Crippen LogP contribution is -1.91. The first-order valence-electron chi connectivity index (χ1n) is 5.63. The molecule has 0 saturated heterocycles. The zero-order valence-electron chi connectivity index (χ0n) is 10.2. The molecule has 0 atom stereocenters. The van der Waals surface area contributed by atoms with Gasteiger partial charge in [0.1, 0.15) is 5.75 Å². The molecule has 94 valence electrons. The summed E-state index contributed by atoms with van der Waals surface area (Å²) >= 11 is 0. The molecule has 0 aliphatic heterocycles. The largest absolute Gasteiger partial charge is 0.508 e. The molecule has 0 radical (unpaired) electrons. The van der Waals surface area contributed by atoms with Crippen molar-refractivity contribution in [2.24, 2.45) is 0 Å². The van der Waals surface area contributed by atoms with Crippen molar-refractivity contribution in [1.82, 2.24) is 0 Å². The molecule has 0 heterocycles. The summed E-state index contributed by atoms with van der Waals surface area (Å²) in [6.45, 7) is 3.59. The summed E-state index contributed by atoms with van der Waals surface area (Å²) < 4.78 is 0. The Kier molecular flexibility index (Phi) is 5.32. The maximum atomic E-state index is 9.19. The molecule has 0 aromatic heterocycles. The SMILES string of the molecule is C=CCc1ccccc1O.Nc1ccccc1N. The lowest BCUT2D eigenvalue weighted by atomic mass is 10.1. The summed E-state index contributed by atoms with van der Waals surface area (Å²) in [4.78, 5) is 0. The van der Waals surface area contributed by atoms with Crippen molar-refractivity contribution >= 4 is 11.4 Å². The van der Waals surface area contributed by atoms with Crippen LogP contribution in [0.2, 0.25) is 0 Å². The van der Waals surface area contributed by atoms with Crippen LogP contribution in [0.15, 0.2) is 61.2 Å². The Bertz CT molecular complexity index is 488. The van der Waals surface area contributed by atoms with Gasteiger partial charge in [-0.1, -0.05) is 36.4 Å². The first-order chi connectivity index (χ1) is 8.65. The van der Waals surface area contributed by atoms with Gasteiger partial charge in [-0.05, 0) is 30.2 Å². The van der Waals surface area contributed by atoms with Crippen LogP contribution in [0.4, 0.5) is 11.4 Å². The zero-order chi connectivity index (χ0) is 13.4. The molecular formula is C15H18N2O. The summed E-state index contributed by atoms with van der Waals surface area (Å²) in [5, 5.41) is 9.19. The first-order valence-corrected chi connectivity index (χ1v) is 5.63. The van der Waals surface area contributed by atoms with Crippen molar-refractivity contribution in [2.45, 2.75) is 6.42 Å². The van der Waals surface area contributed by atoms with Gasteiger partial charge in [0.25, 0.3) is 0 Å². The Labute approximate surface area is 107 Å². The van der Waals surface area contributed by atoms with Gasteiger partial charge >= 0.3 is 0 Å². The van der Waals surface area contributed by atoms with Gasteiger partial charge in [0, 0.05) is 0 Å². The Morgan fingerprint density at radius 2 is 1.44 bits per heavy atom. The number of benzene rings is 2. The smallest absolute Gasteiger partial charge is 0.119 e. The fourth-order valence-electron chi connectivity index (χ4n) is 1.35. The van der Waals surface area contributed by atoms with E-state index in [-0.39, 0.29) is 0 Å². The summed E-state index contributed by atoms with van der Waals surface area (Å²) in [6.07, 6.45) is 2.50. The van der Waals surface area contributed by atoms with Crippen LogP contribution in [0.3, 0.4) is 0 Å². The van der Waals surface area contributed by atoms with E-state index in [1.54, 1.807) is 24.3 Å². The van der Waals surface area contributed by atoms with E-state index in [1.165, 1.54) is 0 Å². The molecule has 2 aromatic rings. The number of nitrogens with two attached hydrogens (primary N) is 2. The Balaban J connectivity index is 0.000000184. The van der Waals surface area contributed by atoms with Crippen molar-refractivity contribution in [3.8, 4) is 5.75 Å². The van der Waals surface area contributed by atoms with Crippen LogP contribution in [0.25, 0.3) is 0 Å². The number of phenolic OH excluding ortho intramolecular Hbond substituents is 1. The fourth-order valence-corrected chi connectivity index (χ4v) is 1.35. The highest BCUT2D eigenvalue weighted by Gasteiger charge is 1.93. The third-order valence-electron chi connectivity index (χ3n) is 2.35. The van der Waals surface area contributed by atoms with E-state index >= 15 is 0 Å². The van der Waals surface area contributed by atoms with Gasteiger partial charge < -0.3 is 16.6 Å². The number of aromatic hydroxyl groups is 1. The predicted octanol–water partition coefficient (Wildman–Crippen LogP) is 2.97. The molecular weight excluding hydrogens is 224 g/mol. The molecule has 3 heteroatoms. The fraction of sp³-hybridized carbons (Fsp3) is 0.0667. The molecule has 0 amide bonds. The summed E-state index contributed by atoms with van der Waals surface area (Å²) in [6, 6.07) is 14.5. The van der Waals surface area contributed by atoms with Crippen LogP contribution in [0, 0.1) is 0 Å². The first kappa shape index (κ1) is 13.6. The van der Waals surface area contributed by atoms with Gasteiger partial charge in [-0.2, -0.15) is 0 Å². The number of anilines is 2. The quantitative estimate of drug-likeness (QED) is 0.560. The average molecular weight is 242 g/mol. The minimum atomic E-state index is 0.349. The number of hydrogen-bond donors (Lipinski definition) is 3.